The minimum absolute atomic E-state index is 0.0343. The molecule has 0 radical (unpaired) electrons. The summed E-state index contributed by atoms with van der Waals surface area (Å²) >= 11 is 3.26. The lowest BCUT2D eigenvalue weighted by molar-refractivity contribution is 0.0267. The van der Waals surface area contributed by atoms with Gasteiger partial charge in [0.25, 0.3) is 10.0 Å². The van der Waals surface area contributed by atoms with Crippen molar-refractivity contribution in [2.45, 2.75) is 50.5 Å². The Morgan fingerprint density at radius 3 is 2.66 bits per heavy atom. The van der Waals surface area contributed by atoms with Crippen molar-refractivity contribution in [1.29, 1.82) is 0 Å². The fourth-order valence-corrected chi connectivity index (χ4v) is 4.42. The van der Waals surface area contributed by atoms with Gasteiger partial charge in [-0.15, -0.1) is 0 Å². The fraction of sp³-hybridized carbons (Fsp3) is 0.400. The zero-order valence-electron chi connectivity index (χ0n) is 16.6. The largest absolute Gasteiger partial charge is 0.495 e. The number of sulfonamides is 1. The Morgan fingerprint density at radius 2 is 2.00 bits per heavy atom. The molecule has 1 unspecified atom stereocenters. The number of nitrogens with one attached hydrogen (secondary N) is 1. The molecule has 0 aliphatic heterocycles. The smallest absolute Gasteiger partial charge is 0.340 e. The molecule has 1 aromatic heterocycles. The van der Waals surface area contributed by atoms with Crippen molar-refractivity contribution in [2.75, 3.05) is 11.8 Å². The molecule has 1 aromatic carbocycles. The summed E-state index contributed by atoms with van der Waals surface area (Å²) in [6.07, 6.45) is 6.01. The second-order valence-corrected chi connectivity index (χ2v) is 9.01. The van der Waals surface area contributed by atoms with Gasteiger partial charge in [0.1, 0.15) is 16.7 Å². The minimum Gasteiger partial charge on any atom is -0.495 e. The van der Waals surface area contributed by atoms with Crippen LogP contribution in [0.15, 0.2) is 46.0 Å². The van der Waals surface area contributed by atoms with Gasteiger partial charge in [-0.05, 0) is 37.1 Å². The second-order valence-electron chi connectivity index (χ2n) is 6.44. The number of esters is 1. The molecule has 1 atom stereocenters. The van der Waals surface area contributed by atoms with E-state index in [1.807, 2.05) is 6.92 Å². The first kappa shape index (κ1) is 23.2. The number of anilines is 1. The van der Waals surface area contributed by atoms with E-state index in [-0.39, 0.29) is 28.0 Å². The molecule has 0 saturated carbocycles. The molecule has 7 nitrogen and oxygen atoms in total. The first-order chi connectivity index (χ1) is 13.8. The molecule has 1 N–H and O–H groups in total. The molecule has 2 aromatic rings. The van der Waals surface area contributed by atoms with Crippen molar-refractivity contribution < 1.29 is 22.7 Å². The molecule has 0 spiro atoms. The number of hydrogen-bond donors (Lipinski definition) is 1. The molecule has 0 bridgehead atoms. The normalized spacial score (nSPS) is 12.3. The van der Waals surface area contributed by atoms with E-state index in [4.69, 9.17) is 9.47 Å². The summed E-state index contributed by atoms with van der Waals surface area (Å²) in [6, 6.07) is 6.07. The molecule has 1 heterocycles. The fourth-order valence-electron chi connectivity index (χ4n) is 2.68. The van der Waals surface area contributed by atoms with Crippen molar-refractivity contribution in [2.24, 2.45) is 0 Å². The van der Waals surface area contributed by atoms with Crippen LogP contribution in [0, 0.1) is 0 Å². The van der Waals surface area contributed by atoms with Crippen LogP contribution in [0.2, 0.25) is 0 Å². The van der Waals surface area contributed by atoms with Gasteiger partial charge in [0.2, 0.25) is 0 Å². The molecule has 0 fully saturated rings. The first-order valence-electron chi connectivity index (χ1n) is 9.33. The number of nitrogens with zero attached hydrogens (tertiary/aromatic N) is 1. The zero-order chi connectivity index (χ0) is 21.4. The standard InChI is InChI=1S/C20H25BrN2O5S/c1-4-6-7-17(5-2)28-20(24)14-10-16(13-22-12-14)23-29(25,26)19-11-15(21)8-9-18(19)27-3/h8-13,17,23H,4-7H2,1-3H3. The van der Waals surface area contributed by atoms with Crippen molar-refractivity contribution in [1.82, 2.24) is 4.98 Å². The monoisotopic (exact) mass is 484 g/mol. The number of halogens is 1. The summed E-state index contributed by atoms with van der Waals surface area (Å²) in [6.45, 7) is 4.04. The summed E-state index contributed by atoms with van der Waals surface area (Å²) in [7, 11) is -2.57. The van der Waals surface area contributed by atoms with Crippen LogP contribution >= 0.6 is 15.9 Å². The van der Waals surface area contributed by atoms with E-state index in [2.05, 4.69) is 32.6 Å². The van der Waals surface area contributed by atoms with E-state index in [0.717, 1.165) is 19.3 Å². The average Bonchev–Trinajstić information content (AvgIpc) is 2.70. The van der Waals surface area contributed by atoms with Crippen LogP contribution in [0.3, 0.4) is 0 Å². The van der Waals surface area contributed by atoms with E-state index in [0.29, 0.717) is 10.9 Å². The summed E-state index contributed by atoms with van der Waals surface area (Å²) < 4.78 is 39.3. The van der Waals surface area contributed by atoms with Gasteiger partial charge in [-0.3, -0.25) is 9.71 Å². The maximum absolute atomic E-state index is 12.8. The van der Waals surface area contributed by atoms with E-state index in [9.17, 15) is 13.2 Å². The number of carbonyl (C=O) groups excluding carboxylic acids is 1. The van der Waals surface area contributed by atoms with Gasteiger partial charge in [-0.1, -0.05) is 42.6 Å². The summed E-state index contributed by atoms with van der Waals surface area (Å²) in [5, 5.41) is 0. The molecule has 0 aliphatic carbocycles. The predicted molar refractivity (Wildman–Crippen MR) is 115 cm³/mol. The van der Waals surface area contributed by atoms with E-state index >= 15 is 0 Å². The molecule has 0 aliphatic rings. The number of ether oxygens (including phenoxy) is 2. The number of pyridine rings is 1. The lowest BCUT2D eigenvalue weighted by atomic mass is 10.1. The van der Waals surface area contributed by atoms with Crippen molar-refractivity contribution in [3.05, 3.63) is 46.7 Å². The number of unbranched alkanes of at least 4 members (excludes halogenated alkanes) is 1. The highest BCUT2D eigenvalue weighted by molar-refractivity contribution is 9.10. The highest BCUT2D eigenvalue weighted by Crippen LogP contribution is 2.29. The lowest BCUT2D eigenvalue weighted by Gasteiger charge is -2.16. The van der Waals surface area contributed by atoms with Gasteiger partial charge in [0.05, 0.1) is 24.6 Å². The van der Waals surface area contributed by atoms with Gasteiger partial charge in [-0.25, -0.2) is 13.2 Å². The minimum atomic E-state index is -3.96. The first-order valence-corrected chi connectivity index (χ1v) is 11.6. The third kappa shape index (κ3) is 6.43. The Balaban J connectivity index is 2.21. The SMILES string of the molecule is CCCCC(CC)OC(=O)c1cncc(NS(=O)(=O)c2cc(Br)ccc2OC)c1. The van der Waals surface area contributed by atoms with Crippen LogP contribution in [0.1, 0.15) is 49.9 Å². The van der Waals surface area contributed by atoms with Gasteiger partial charge >= 0.3 is 5.97 Å². The predicted octanol–water partition coefficient (Wildman–Crippen LogP) is 4.78. The van der Waals surface area contributed by atoms with Gasteiger partial charge in [0.15, 0.2) is 0 Å². The Bertz CT molecular complexity index is 950. The van der Waals surface area contributed by atoms with Crippen molar-refractivity contribution >= 4 is 37.6 Å². The maximum atomic E-state index is 12.8. The highest BCUT2D eigenvalue weighted by Gasteiger charge is 2.21. The topological polar surface area (TPSA) is 94.6 Å². The number of benzene rings is 1. The number of carbonyl (C=O) groups is 1. The van der Waals surface area contributed by atoms with Crippen LogP contribution in [-0.2, 0) is 14.8 Å². The molecule has 29 heavy (non-hydrogen) atoms. The second kappa shape index (κ2) is 10.6. The highest BCUT2D eigenvalue weighted by atomic mass is 79.9. The average molecular weight is 485 g/mol. The third-order valence-electron chi connectivity index (χ3n) is 4.25. The van der Waals surface area contributed by atoms with Gasteiger partial charge < -0.3 is 9.47 Å². The molecule has 2 rings (SSSR count). The number of methoxy groups -OCH3 is 1. The molecular weight excluding hydrogens is 460 g/mol. The Kier molecular flexibility index (Phi) is 8.45. The van der Waals surface area contributed by atoms with E-state index in [1.54, 1.807) is 12.1 Å². The quantitative estimate of drug-likeness (QED) is 0.487. The number of hydrogen-bond acceptors (Lipinski definition) is 6. The lowest BCUT2D eigenvalue weighted by Crippen LogP contribution is -2.18. The van der Waals surface area contributed by atoms with Crippen LogP contribution < -0.4 is 9.46 Å². The Hall–Kier alpha value is -2.13. The van der Waals surface area contributed by atoms with Crippen molar-refractivity contribution in [3.8, 4) is 5.75 Å². The van der Waals surface area contributed by atoms with Crippen LogP contribution in [-0.4, -0.2) is 32.6 Å². The van der Waals surface area contributed by atoms with Crippen LogP contribution in [0.25, 0.3) is 0 Å². The molecule has 158 valence electrons. The molecule has 0 saturated heterocycles. The number of rotatable bonds is 10. The number of aromatic nitrogens is 1. The Labute approximate surface area is 180 Å². The van der Waals surface area contributed by atoms with Crippen molar-refractivity contribution in [3.63, 3.8) is 0 Å². The zero-order valence-corrected chi connectivity index (χ0v) is 19.0. The molecule has 0 amide bonds. The maximum Gasteiger partial charge on any atom is 0.340 e. The van der Waals surface area contributed by atoms with Crippen LogP contribution in [0.5, 0.6) is 5.75 Å². The van der Waals surface area contributed by atoms with E-state index < -0.39 is 16.0 Å². The third-order valence-corrected chi connectivity index (χ3v) is 6.15. The summed E-state index contributed by atoms with van der Waals surface area (Å²) in [5.74, 6) is -0.326. The Morgan fingerprint density at radius 1 is 1.24 bits per heavy atom. The van der Waals surface area contributed by atoms with Gasteiger partial charge in [-0.2, -0.15) is 0 Å². The van der Waals surface area contributed by atoms with E-state index in [1.165, 1.54) is 31.6 Å². The van der Waals surface area contributed by atoms with Crippen LogP contribution in [0.4, 0.5) is 5.69 Å². The summed E-state index contributed by atoms with van der Waals surface area (Å²) in [5.41, 5.74) is 0.337. The molecule has 9 heteroatoms. The molecular formula is C20H25BrN2O5S. The summed E-state index contributed by atoms with van der Waals surface area (Å²) in [4.78, 5) is 16.4. The van der Waals surface area contributed by atoms with Gasteiger partial charge in [0, 0.05) is 10.7 Å².